The molecule has 0 spiro atoms. The molecule has 0 aromatic heterocycles. The van der Waals surface area contributed by atoms with Crippen LogP contribution in [0.5, 0.6) is 0 Å². The SMILES string of the molecule is C[SiH].[Ge].[Ge]. The Morgan fingerprint density at radius 3 is 1.00 bits per heavy atom. The van der Waals surface area contributed by atoms with Crippen LogP contribution in [0.1, 0.15) is 0 Å². The minimum absolute atomic E-state index is 0. The fraction of sp³-hybridized carbons (Fsp3) is 1.00. The minimum atomic E-state index is 0. The zero-order valence-corrected chi connectivity index (χ0v) is 7.93. The molecule has 0 saturated heterocycles. The molecule has 0 heterocycles. The minimum Gasteiger partial charge on any atom is -0.0765 e. The maximum absolute atomic E-state index is 2.42. The fourth-order valence-electron chi connectivity index (χ4n) is 0. The van der Waals surface area contributed by atoms with Crippen molar-refractivity contribution in [3.63, 3.8) is 0 Å². The van der Waals surface area contributed by atoms with Crippen LogP contribution in [0.25, 0.3) is 0 Å². The van der Waals surface area contributed by atoms with E-state index >= 15 is 0 Å². The standard InChI is InChI=1S/CH4Si.2Ge/c1-2;;/h2H,1H3;;. The van der Waals surface area contributed by atoms with Gasteiger partial charge in [-0.15, -0.1) is 0 Å². The Labute approximate surface area is 52.1 Å². The summed E-state index contributed by atoms with van der Waals surface area (Å²) >= 11 is 0. The van der Waals surface area contributed by atoms with Crippen LogP contribution in [0.2, 0.25) is 6.55 Å². The molecule has 0 aromatic carbocycles. The summed E-state index contributed by atoms with van der Waals surface area (Å²) in [5, 5.41) is 0. The Bertz CT molecular complexity index is 6.00. The maximum atomic E-state index is 2.42. The maximum Gasteiger partial charge on any atom is 0.0108 e. The van der Waals surface area contributed by atoms with E-state index in [0.717, 1.165) is 0 Å². The molecule has 0 aromatic rings. The van der Waals surface area contributed by atoms with Gasteiger partial charge in [0.25, 0.3) is 0 Å². The van der Waals surface area contributed by atoms with Crippen LogP contribution >= 0.6 is 0 Å². The first kappa shape index (κ1) is 18.5. The third-order valence-corrected chi connectivity index (χ3v) is 0. The molecule has 0 bridgehead atoms. The molecular weight excluding hydrogens is 185 g/mol. The summed E-state index contributed by atoms with van der Waals surface area (Å²) in [6.45, 7) is 1.92. The molecule has 3 heteroatoms. The largest absolute Gasteiger partial charge is 0.0765 e. The van der Waals surface area contributed by atoms with Crippen molar-refractivity contribution < 1.29 is 0 Å². The van der Waals surface area contributed by atoms with Gasteiger partial charge < -0.3 is 0 Å². The van der Waals surface area contributed by atoms with Gasteiger partial charge in [0.15, 0.2) is 0 Å². The van der Waals surface area contributed by atoms with E-state index in [0.29, 0.717) is 0 Å². The van der Waals surface area contributed by atoms with E-state index in [4.69, 9.17) is 0 Å². The third kappa shape index (κ3) is 10.3. The monoisotopic (exact) mass is 192 g/mol. The molecule has 0 amide bonds. The van der Waals surface area contributed by atoms with Gasteiger partial charge in [-0.3, -0.25) is 0 Å². The van der Waals surface area contributed by atoms with Crippen LogP contribution in [0.15, 0.2) is 0 Å². The fourth-order valence-corrected chi connectivity index (χ4v) is 0. The van der Waals surface area contributed by atoms with Gasteiger partial charge in [0.2, 0.25) is 0 Å². The van der Waals surface area contributed by atoms with Crippen LogP contribution in [-0.2, 0) is 0 Å². The molecule has 0 atom stereocenters. The van der Waals surface area contributed by atoms with Crippen LogP contribution in [0.3, 0.4) is 0 Å². The van der Waals surface area contributed by atoms with Crippen molar-refractivity contribution in [2.45, 2.75) is 6.55 Å². The van der Waals surface area contributed by atoms with Gasteiger partial charge in [-0.05, 0) is 0 Å². The first-order valence-corrected chi connectivity index (χ1v) is 1.73. The van der Waals surface area contributed by atoms with Gasteiger partial charge in [-0.1, -0.05) is 6.55 Å². The van der Waals surface area contributed by atoms with Crippen molar-refractivity contribution in [1.29, 1.82) is 0 Å². The van der Waals surface area contributed by atoms with Crippen molar-refractivity contribution in [3.8, 4) is 0 Å². The second-order valence-corrected chi connectivity index (χ2v) is 0. The average Bonchev–Trinajstić information content (AvgIpc) is 1.00. The van der Waals surface area contributed by atoms with Crippen molar-refractivity contribution in [3.05, 3.63) is 0 Å². The molecule has 0 unspecified atom stereocenters. The zero-order chi connectivity index (χ0) is 2.00. The van der Waals surface area contributed by atoms with Gasteiger partial charge in [-0.2, -0.15) is 0 Å². The zero-order valence-electron chi connectivity index (χ0n) is 2.58. The molecule has 4 heavy (non-hydrogen) atoms. The number of rotatable bonds is 0. The van der Waals surface area contributed by atoms with Crippen molar-refractivity contribution in [2.24, 2.45) is 0 Å². The van der Waals surface area contributed by atoms with Gasteiger partial charge in [-0.25, -0.2) is 0 Å². The Morgan fingerprint density at radius 1 is 1.00 bits per heavy atom. The predicted octanol–water partition coefficient (Wildman–Crippen LogP) is -0.826. The van der Waals surface area contributed by atoms with Gasteiger partial charge >= 0.3 is 0 Å². The van der Waals surface area contributed by atoms with E-state index in [2.05, 4.69) is 10.2 Å². The van der Waals surface area contributed by atoms with Gasteiger partial charge in [0.05, 0.1) is 0 Å². The van der Waals surface area contributed by atoms with Gasteiger partial charge in [0, 0.05) is 45.4 Å². The number of hydrogen-bond donors (Lipinski definition) is 0. The molecule has 0 N–H and O–H groups in total. The van der Waals surface area contributed by atoms with Crippen LogP contribution < -0.4 is 0 Å². The van der Waals surface area contributed by atoms with Crippen molar-refractivity contribution in [1.82, 2.24) is 0 Å². The summed E-state index contributed by atoms with van der Waals surface area (Å²) in [5.74, 6) is 0. The molecule has 0 aliphatic rings. The molecule has 0 rings (SSSR count). The van der Waals surface area contributed by atoms with Crippen LogP contribution in [0, 0.1) is 0 Å². The second kappa shape index (κ2) is 27.7. The second-order valence-electron chi connectivity index (χ2n) is 0. The van der Waals surface area contributed by atoms with Crippen molar-refractivity contribution in [2.75, 3.05) is 0 Å². The molecule has 20 valence electrons. The summed E-state index contributed by atoms with van der Waals surface area (Å²) in [5.41, 5.74) is 0. The van der Waals surface area contributed by atoms with Crippen LogP contribution in [-0.4, -0.2) is 45.4 Å². The molecule has 0 nitrogen and oxygen atoms in total. The first-order chi connectivity index (χ1) is 1.00. The molecule has 0 aliphatic heterocycles. The Balaban J connectivity index is -0.00000000500. The Morgan fingerprint density at radius 2 is 1.00 bits per heavy atom. The Kier molecular flexibility index (Phi) is 128. The third-order valence-electron chi connectivity index (χ3n) is 0. The summed E-state index contributed by atoms with van der Waals surface area (Å²) in [6, 6.07) is 0. The summed E-state index contributed by atoms with van der Waals surface area (Å²) in [7, 11) is 2.42. The van der Waals surface area contributed by atoms with E-state index in [1.807, 2.05) is 6.55 Å². The Hall–Kier alpha value is 1.30. The predicted molar refractivity (Wildman–Crippen MR) is 24.5 cm³/mol. The van der Waals surface area contributed by atoms with E-state index in [9.17, 15) is 0 Å². The quantitative estimate of drug-likeness (QED) is 0.437. The first-order valence-electron chi connectivity index (χ1n) is 0.577. The topological polar surface area (TPSA) is 0 Å². The van der Waals surface area contributed by atoms with Gasteiger partial charge in [0.1, 0.15) is 0 Å². The van der Waals surface area contributed by atoms with E-state index in [1.54, 1.807) is 0 Å². The summed E-state index contributed by atoms with van der Waals surface area (Å²) < 4.78 is 0. The molecular formula is CH4Ge2Si. The molecule has 10 radical (unpaired) electrons. The molecule has 0 fully saturated rings. The van der Waals surface area contributed by atoms with Crippen molar-refractivity contribution >= 4 is 45.4 Å². The van der Waals surface area contributed by atoms with E-state index in [-0.39, 0.29) is 35.2 Å². The number of hydrogen-bond acceptors (Lipinski definition) is 0. The summed E-state index contributed by atoms with van der Waals surface area (Å²) in [6.07, 6.45) is 0. The summed E-state index contributed by atoms with van der Waals surface area (Å²) in [4.78, 5) is 0. The molecule has 0 saturated carbocycles. The smallest absolute Gasteiger partial charge is 0.0108 e. The van der Waals surface area contributed by atoms with E-state index in [1.165, 1.54) is 0 Å². The van der Waals surface area contributed by atoms with Crippen LogP contribution in [0.4, 0.5) is 0 Å². The molecule has 0 aliphatic carbocycles. The normalized spacial score (nSPS) is 1.50. The van der Waals surface area contributed by atoms with E-state index < -0.39 is 0 Å². The average molecular weight is 189 g/mol.